The lowest BCUT2D eigenvalue weighted by Gasteiger charge is -2.31. The Bertz CT molecular complexity index is 7040. The van der Waals surface area contributed by atoms with Crippen LogP contribution in [-0.2, 0) is 40.6 Å². The lowest BCUT2D eigenvalue weighted by atomic mass is 10.1. The summed E-state index contributed by atoms with van der Waals surface area (Å²) >= 11 is 0. The van der Waals surface area contributed by atoms with Crippen molar-refractivity contribution in [1.29, 1.82) is 0 Å². The van der Waals surface area contributed by atoms with E-state index in [1.165, 1.54) is 11.1 Å². The van der Waals surface area contributed by atoms with E-state index in [2.05, 4.69) is 199 Å². The third-order valence-corrected chi connectivity index (χ3v) is 23.5. The van der Waals surface area contributed by atoms with Crippen LogP contribution in [0, 0.1) is 55.4 Å². The summed E-state index contributed by atoms with van der Waals surface area (Å²) < 4.78 is 5.26. The molecule has 682 valence electrons. The molecule has 4 aliphatic heterocycles. The van der Waals surface area contributed by atoms with Crippen molar-refractivity contribution in [2.75, 3.05) is 106 Å². The summed E-state index contributed by atoms with van der Waals surface area (Å²) in [5.74, 6) is 0.368. The summed E-state index contributed by atoms with van der Waals surface area (Å²) in [5.41, 5.74) is 20.2. The summed E-state index contributed by atoms with van der Waals surface area (Å²) in [6.45, 7) is 41.1. The number of methoxy groups -OCH3 is 1. The number of fused-ring (bicyclic) bond motifs is 8. The summed E-state index contributed by atoms with van der Waals surface area (Å²) in [4.78, 5) is 148. The predicted octanol–water partition coefficient (Wildman–Crippen LogP) is 9.65. The molecule has 0 saturated heterocycles. The first kappa shape index (κ1) is 94.8. The normalized spacial score (nSPS) is 12.3. The summed E-state index contributed by atoms with van der Waals surface area (Å²) in [6, 6.07) is 54.6. The Morgan fingerprint density at radius 2 is 0.598 bits per heavy atom. The zero-order valence-electron chi connectivity index (χ0n) is 76.3. The zero-order chi connectivity index (χ0) is 94.1. The summed E-state index contributed by atoms with van der Waals surface area (Å²) in [5, 5.41) is 28.6. The fourth-order valence-corrected chi connectivity index (χ4v) is 16.0. The van der Waals surface area contributed by atoms with Crippen molar-refractivity contribution < 1.29 is 34.4 Å². The maximum absolute atomic E-state index is 12.7. The van der Waals surface area contributed by atoms with Crippen molar-refractivity contribution in [2.45, 2.75) is 114 Å². The van der Waals surface area contributed by atoms with Crippen molar-refractivity contribution >= 4 is 113 Å². The number of aromatic amines is 4. The molecule has 0 radical (unpaired) electrons. The molecule has 7 N–H and O–H groups in total. The fraction of sp³-hybridized carbons (Fsp3) is 0.297. The SMILES string of the molecule is C=c1nc2c(c(=O)[nH]1)=Nc1cc(C)c(C)cc1N2CCN(C)Cc1ccccc1.C=c1nc2c(c(=O)[nH]1)=Nc1cc(C)c(C)cc1N2CCN(CCC(=O)O)Cc1ccccc1.C=c1nc2c(c(=O)[nH]1)=Nc1cc(C)c(C)cc1N2CCN(CCCC(=O)O)Cc1ccc(OC)cc1.C=c1nc2c(c(=O)[nH]1)=Nc1cc(C)c(C)cc1N2CCN(CCCC(=O)O)Cc1ccccc1. The highest BCUT2D eigenvalue weighted by Crippen LogP contribution is 2.41. The van der Waals surface area contributed by atoms with Gasteiger partial charge in [0.15, 0.2) is 44.7 Å². The number of nitrogens with zero attached hydrogens (tertiary/aromatic N) is 16. The minimum atomic E-state index is -0.832. The average Bonchev–Trinajstić information content (AvgIpc) is 0.769. The van der Waals surface area contributed by atoms with Crippen LogP contribution in [0.2, 0.25) is 0 Å². The van der Waals surface area contributed by atoms with Crippen molar-refractivity contribution in [2.24, 2.45) is 20.0 Å². The van der Waals surface area contributed by atoms with Gasteiger partial charge in [-0.25, -0.2) is 39.9 Å². The van der Waals surface area contributed by atoms with Crippen LogP contribution in [0.1, 0.15) is 98.9 Å². The highest BCUT2D eigenvalue weighted by atomic mass is 16.5. The van der Waals surface area contributed by atoms with Crippen LogP contribution < -0.4 is 89.9 Å². The number of aryl methyl sites for hydroxylation is 8. The lowest BCUT2D eigenvalue weighted by molar-refractivity contribution is -0.138. The number of rotatable bonds is 32. The Hall–Kier alpha value is -14.8. The molecule has 31 nitrogen and oxygen atoms in total. The standard InChI is InChI=1S/C27H31N5O4.C26H29N5O3.C25H27N5O3.C23H25N5O/c1-17-14-22-23(15-18(17)2)32(26-25(30-22)27(35)29-19(3)28-26)13-12-31(11-5-6-24(33)34)16-20-7-9-21(36-4)10-8-20;1-17-14-21-22(15-18(17)2)31(25-24(29-21)26(34)28-19(3)27-25)13-12-30(11-7-10-23(32)33)16-20-8-5-4-6-9-20;1-16-13-20-21(14-17(16)2)30(24-23(28-20)25(33)27-18(3)26-24)12-11-29(10-9-22(31)32)15-19-7-5-4-6-8-19;1-15-12-19-20(13-16(15)2)28(22-21(26-19)23(29)25-17(3)24-22)11-10-27(4)14-18-8-6-5-7-9-18/h7-10,14-15H,3,5-6,11-13,16H2,1-2,4H3,(H,29,35)(H,33,34);4-6,8-9,14-15H,3,7,10-13,16H2,1-2H3,(H,28,34)(H,32,33);4-8,13-14H,3,9-12,15H2,1-2H3,(H,27,33)(H,31,32);5-9,12-13H,3,10-11,14H2,1-2,4H3,(H,25,29). The predicted molar refractivity (Wildman–Crippen MR) is 515 cm³/mol. The van der Waals surface area contributed by atoms with Gasteiger partial charge in [-0.3, -0.25) is 48.3 Å². The quantitative estimate of drug-likeness (QED) is 0.0206. The van der Waals surface area contributed by atoms with E-state index in [9.17, 15) is 38.7 Å². The maximum atomic E-state index is 12.7. The molecular weight excluding hydrogens is 1670 g/mol. The van der Waals surface area contributed by atoms with Gasteiger partial charge in [0.2, 0.25) is 0 Å². The van der Waals surface area contributed by atoms with E-state index in [-0.39, 0.29) is 68.5 Å². The monoisotopic (exact) mass is 1780 g/mol. The molecule has 4 aliphatic rings. The molecular formula is C101H112N20O11. The van der Waals surface area contributed by atoms with Crippen LogP contribution in [0.3, 0.4) is 0 Å². The zero-order valence-corrected chi connectivity index (χ0v) is 76.3. The number of nitrogens with one attached hydrogen (secondary N) is 4. The molecule has 0 unspecified atom stereocenters. The van der Waals surface area contributed by atoms with Gasteiger partial charge in [0.25, 0.3) is 22.2 Å². The van der Waals surface area contributed by atoms with Crippen molar-refractivity contribution in [3.63, 3.8) is 0 Å². The number of carbonyl (C=O) groups is 3. The van der Waals surface area contributed by atoms with Gasteiger partial charge in [0, 0.05) is 97.9 Å². The third-order valence-electron chi connectivity index (χ3n) is 23.5. The first-order valence-corrected chi connectivity index (χ1v) is 43.8. The number of hydrogen-bond donors (Lipinski definition) is 7. The molecule has 0 bridgehead atoms. The molecule has 0 amide bonds. The Morgan fingerprint density at radius 3 is 0.879 bits per heavy atom. The molecule has 132 heavy (non-hydrogen) atoms. The van der Waals surface area contributed by atoms with Crippen LogP contribution in [0.4, 0.5) is 68.8 Å². The van der Waals surface area contributed by atoms with Crippen molar-refractivity contribution in [3.8, 4) is 5.75 Å². The molecule has 16 rings (SSSR count). The maximum Gasteiger partial charge on any atom is 0.304 e. The van der Waals surface area contributed by atoms with E-state index >= 15 is 0 Å². The molecule has 12 aromatic rings. The number of carboxylic acid groups (broad SMARTS) is 3. The molecule has 0 saturated carbocycles. The van der Waals surface area contributed by atoms with Gasteiger partial charge in [-0.1, -0.05) is 129 Å². The Balaban J connectivity index is 0.000000150. The van der Waals surface area contributed by atoms with E-state index in [4.69, 9.17) is 14.9 Å². The fourth-order valence-electron chi connectivity index (χ4n) is 16.0. The largest absolute Gasteiger partial charge is 0.497 e. The van der Waals surface area contributed by atoms with Gasteiger partial charge in [-0.15, -0.1) is 0 Å². The Labute approximate surface area is 763 Å². The van der Waals surface area contributed by atoms with Gasteiger partial charge in [0.05, 0.1) is 59.0 Å². The second-order valence-corrected chi connectivity index (χ2v) is 33.5. The van der Waals surface area contributed by atoms with Crippen LogP contribution in [0.15, 0.2) is 203 Å². The van der Waals surface area contributed by atoms with Gasteiger partial charge < -0.3 is 64.5 Å². The van der Waals surface area contributed by atoms with E-state index < -0.39 is 17.9 Å². The molecule has 8 aromatic carbocycles. The van der Waals surface area contributed by atoms with E-state index in [1.807, 2.05) is 152 Å². The van der Waals surface area contributed by atoms with Gasteiger partial charge in [-0.05, 0) is 216 Å². The number of ether oxygens (including phenoxy) is 1. The smallest absolute Gasteiger partial charge is 0.304 e. The van der Waals surface area contributed by atoms with Gasteiger partial charge in [0.1, 0.15) is 27.7 Å². The number of aromatic nitrogens is 8. The lowest BCUT2D eigenvalue weighted by Crippen LogP contribution is -2.44. The van der Waals surface area contributed by atoms with Gasteiger partial charge in [-0.2, -0.15) is 0 Å². The minimum Gasteiger partial charge on any atom is -0.497 e. The molecule has 4 aromatic heterocycles. The third kappa shape index (κ3) is 24.0. The van der Waals surface area contributed by atoms with Crippen molar-refractivity contribution in [3.05, 3.63) is 315 Å². The Kier molecular flexibility index (Phi) is 30.9. The number of aliphatic carboxylic acids is 3. The number of H-pyrrole nitrogens is 4. The van der Waals surface area contributed by atoms with E-state index in [0.717, 1.165) is 120 Å². The van der Waals surface area contributed by atoms with Crippen LogP contribution in [-0.4, -0.2) is 179 Å². The molecule has 0 atom stereocenters. The van der Waals surface area contributed by atoms with E-state index in [1.54, 1.807) is 7.11 Å². The first-order chi connectivity index (χ1) is 63.3. The topological polar surface area (TPSA) is 379 Å². The van der Waals surface area contributed by atoms with Gasteiger partial charge >= 0.3 is 17.9 Å². The second-order valence-electron chi connectivity index (χ2n) is 33.5. The highest BCUT2D eigenvalue weighted by molar-refractivity contribution is 5.81. The summed E-state index contributed by atoms with van der Waals surface area (Å²) in [7, 11) is 3.73. The number of likely N-dealkylation sites (N-methyl/N-ethyl adjacent to an activating group) is 1. The minimum absolute atomic E-state index is 0.0502. The van der Waals surface area contributed by atoms with Crippen LogP contribution >= 0.6 is 0 Å². The molecule has 0 fully saturated rings. The molecule has 8 heterocycles. The second kappa shape index (κ2) is 43.1. The highest BCUT2D eigenvalue weighted by Gasteiger charge is 2.30. The number of carboxylic acids is 3. The average molecular weight is 1780 g/mol. The number of benzene rings is 8. The number of hydrogen-bond acceptors (Lipinski definition) is 24. The first-order valence-electron chi connectivity index (χ1n) is 43.8. The molecule has 31 heteroatoms. The van der Waals surface area contributed by atoms with Crippen molar-refractivity contribution in [1.82, 2.24) is 59.5 Å². The van der Waals surface area contributed by atoms with Crippen LogP contribution in [0.25, 0.3) is 26.3 Å². The van der Waals surface area contributed by atoms with E-state index in [0.29, 0.717) is 138 Å². The molecule has 0 aliphatic carbocycles. The van der Waals surface area contributed by atoms with Crippen LogP contribution in [0.5, 0.6) is 5.75 Å². The summed E-state index contributed by atoms with van der Waals surface area (Å²) in [6.07, 6.45) is 1.37. The number of anilines is 8. The molecule has 0 spiro atoms. The Morgan fingerprint density at radius 1 is 0.341 bits per heavy atom.